The van der Waals surface area contributed by atoms with Crippen molar-refractivity contribution in [1.29, 1.82) is 0 Å². The third kappa shape index (κ3) is 3.85. The summed E-state index contributed by atoms with van der Waals surface area (Å²) < 4.78 is 0. The van der Waals surface area contributed by atoms with Crippen LogP contribution in [0.1, 0.15) is 19.8 Å². The summed E-state index contributed by atoms with van der Waals surface area (Å²) in [6.07, 6.45) is 2.63. The minimum absolute atomic E-state index is 0.111. The number of nitrogens with zero attached hydrogens (tertiary/aromatic N) is 1. The molecule has 3 N–H and O–H groups in total. The maximum absolute atomic E-state index is 11.5. The highest BCUT2D eigenvalue weighted by Crippen LogP contribution is 2.17. The van der Waals surface area contributed by atoms with Crippen molar-refractivity contribution in [1.82, 2.24) is 4.98 Å². The van der Waals surface area contributed by atoms with Crippen LogP contribution in [-0.4, -0.2) is 16.9 Å². The molecule has 0 spiro atoms. The van der Waals surface area contributed by atoms with E-state index in [9.17, 15) is 4.79 Å². The first-order chi connectivity index (χ1) is 7.13. The number of hydrogen-bond acceptors (Lipinski definition) is 3. The van der Waals surface area contributed by atoms with E-state index in [1.807, 2.05) is 6.92 Å². The van der Waals surface area contributed by atoms with Gasteiger partial charge in [0.1, 0.15) is 0 Å². The van der Waals surface area contributed by atoms with Crippen LogP contribution in [0.4, 0.5) is 5.69 Å². The van der Waals surface area contributed by atoms with Gasteiger partial charge in [0.05, 0.1) is 5.69 Å². The Morgan fingerprint density at radius 1 is 1.73 bits per heavy atom. The molecule has 5 heteroatoms. The van der Waals surface area contributed by atoms with Crippen LogP contribution in [0.2, 0.25) is 5.15 Å². The maximum Gasteiger partial charge on any atom is 0.226 e. The Hall–Kier alpha value is -1.13. The molecule has 0 aliphatic heterocycles. The Bertz CT molecular complexity index is 343. The van der Waals surface area contributed by atoms with Gasteiger partial charge in [0.25, 0.3) is 0 Å². The Morgan fingerprint density at radius 2 is 2.47 bits per heavy atom. The van der Waals surface area contributed by atoms with Gasteiger partial charge in [-0.25, -0.2) is 4.98 Å². The Balaban J connectivity index is 2.55. The van der Waals surface area contributed by atoms with Crippen molar-refractivity contribution in [2.75, 3.05) is 5.32 Å². The monoisotopic (exact) mass is 227 g/mol. The molecule has 0 saturated heterocycles. The average molecular weight is 228 g/mol. The molecule has 1 heterocycles. The Kier molecular flexibility index (Phi) is 4.52. The number of aromatic nitrogens is 1. The summed E-state index contributed by atoms with van der Waals surface area (Å²) >= 11 is 5.78. The molecule has 1 atom stereocenters. The summed E-state index contributed by atoms with van der Waals surface area (Å²) in [5, 5.41) is 2.95. The van der Waals surface area contributed by atoms with Crippen LogP contribution in [0.25, 0.3) is 0 Å². The van der Waals surface area contributed by atoms with Crippen molar-refractivity contribution in [2.24, 2.45) is 5.73 Å². The van der Waals surface area contributed by atoms with Crippen molar-refractivity contribution in [2.45, 2.75) is 25.8 Å². The van der Waals surface area contributed by atoms with Gasteiger partial charge in [0, 0.05) is 18.7 Å². The summed E-state index contributed by atoms with van der Waals surface area (Å²) in [5.41, 5.74) is 6.18. The van der Waals surface area contributed by atoms with E-state index >= 15 is 0 Å². The van der Waals surface area contributed by atoms with E-state index in [4.69, 9.17) is 17.3 Å². The number of nitrogens with two attached hydrogens (primary N) is 1. The first kappa shape index (κ1) is 11.9. The highest BCUT2D eigenvalue weighted by Gasteiger charge is 2.09. The summed E-state index contributed by atoms with van der Waals surface area (Å²) in [7, 11) is 0. The second-order valence-electron chi connectivity index (χ2n) is 3.26. The molecular formula is C10H14ClN3O. The maximum atomic E-state index is 11.5. The van der Waals surface area contributed by atoms with Crippen LogP contribution in [0.3, 0.4) is 0 Å². The molecule has 0 aromatic carbocycles. The molecule has 15 heavy (non-hydrogen) atoms. The van der Waals surface area contributed by atoms with Gasteiger partial charge in [-0.1, -0.05) is 18.5 Å². The first-order valence-electron chi connectivity index (χ1n) is 4.79. The topological polar surface area (TPSA) is 68.0 Å². The molecule has 1 aromatic rings. The summed E-state index contributed by atoms with van der Waals surface area (Å²) in [6, 6.07) is 3.30. The van der Waals surface area contributed by atoms with Gasteiger partial charge in [-0.05, 0) is 18.6 Å². The van der Waals surface area contributed by atoms with E-state index in [2.05, 4.69) is 10.3 Å². The second kappa shape index (κ2) is 5.68. The molecule has 4 nitrogen and oxygen atoms in total. The summed E-state index contributed by atoms with van der Waals surface area (Å²) in [5.74, 6) is -0.140. The number of hydrogen-bond donors (Lipinski definition) is 2. The van der Waals surface area contributed by atoms with Crippen LogP contribution in [-0.2, 0) is 4.79 Å². The Morgan fingerprint density at radius 3 is 3.07 bits per heavy atom. The average Bonchev–Trinajstić information content (AvgIpc) is 2.21. The van der Waals surface area contributed by atoms with Crippen LogP contribution in [0, 0.1) is 0 Å². The predicted octanol–water partition coefficient (Wildman–Crippen LogP) is 1.80. The summed E-state index contributed by atoms with van der Waals surface area (Å²) in [4.78, 5) is 15.3. The molecule has 0 aliphatic carbocycles. The second-order valence-corrected chi connectivity index (χ2v) is 3.62. The Labute approximate surface area is 93.8 Å². The minimum atomic E-state index is -0.140. The molecule has 82 valence electrons. The van der Waals surface area contributed by atoms with E-state index in [-0.39, 0.29) is 17.1 Å². The lowest BCUT2D eigenvalue weighted by Crippen LogP contribution is -2.26. The molecular weight excluding hydrogens is 214 g/mol. The van der Waals surface area contributed by atoms with Crippen molar-refractivity contribution >= 4 is 23.2 Å². The van der Waals surface area contributed by atoms with Crippen LogP contribution in [0.5, 0.6) is 0 Å². The number of halogens is 1. The normalized spacial score (nSPS) is 12.2. The van der Waals surface area contributed by atoms with E-state index in [0.717, 1.165) is 6.42 Å². The fraction of sp³-hybridized carbons (Fsp3) is 0.400. The number of amides is 1. The number of carbonyl (C=O) groups excluding carboxylic acids is 1. The largest absolute Gasteiger partial charge is 0.327 e. The molecule has 0 aliphatic rings. The van der Waals surface area contributed by atoms with Crippen molar-refractivity contribution < 1.29 is 4.79 Å². The standard InChI is InChI=1S/C10H14ClN3O/c1-2-7(12)6-9(15)14-8-4-3-5-13-10(8)11/h3-5,7H,2,6,12H2,1H3,(H,14,15). The number of carbonyl (C=O) groups is 1. The molecule has 1 amide bonds. The van der Waals surface area contributed by atoms with E-state index < -0.39 is 0 Å². The van der Waals surface area contributed by atoms with Crippen LogP contribution in [0.15, 0.2) is 18.3 Å². The zero-order chi connectivity index (χ0) is 11.3. The lowest BCUT2D eigenvalue weighted by atomic mass is 10.1. The van der Waals surface area contributed by atoms with Gasteiger partial charge in [-0.2, -0.15) is 0 Å². The van der Waals surface area contributed by atoms with Gasteiger partial charge in [0.15, 0.2) is 5.15 Å². The smallest absolute Gasteiger partial charge is 0.226 e. The van der Waals surface area contributed by atoms with Crippen LogP contribution < -0.4 is 11.1 Å². The fourth-order valence-electron chi connectivity index (χ4n) is 1.06. The van der Waals surface area contributed by atoms with Crippen molar-refractivity contribution in [3.8, 4) is 0 Å². The van der Waals surface area contributed by atoms with Gasteiger partial charge in [-0.3, -0.25) is 4.79 Å². The molecule has 0 saturated carbocycles. The quantitative estimate of drug-likeness (QED) is 0.771. The predicted molar refractivity (Wildman–Crippen MR) is 60.8 cm³/mol. The number of nitrogens with one attached hydrogen (secondary N) is 1. The van der Waals surface area contributed by atoms with Gasteiger partial charge < -0.3 is 11.1 Å². The third-order valence-corrected chi connectivity index (χ3v) is 2.31. The SMILES string of the molecule is CCC(N)CC(=O)Nc1cccnc1Cl. The van der Waals surface area contributed by atoms with Crippen molar-refractivity contribution in [3.05, 3.63) is 23.5 Å². The number of pyridine rings is 1. The van der Waals surface area contributed by atoms with E-state index in [0.29, 0.717) is 12.1 Å². The molecule has 0 bridgehead atoms. The first-order valence-corrected chi connectivity index (χ1v) is 5.17. The summed E-state index contributed by atoms with van der Waals surface area (Å²) in [6.45, 7) is 1.94. The third-order valence-electron chi connectivity index (χ3n) is 2.01. The van der Waals surface area contributed by atoms with E-state index in [1.54, 1.807) is 18.3 Å². The van der Waals surface area contributed by atoms with Crippen LogP contribution >= 0.6 is 11.6 Å². The number of rotatable bonds is 4. The van der Waals surface area contributed by atoms with E-state index in [1.165, 1.54) is 0 Å². The highest BCUT2D eigenvalue weighted by molar-refractivity contribution is 6.32. The molecule has 1 unspecified atom stereocenters. The highest BCUT2D eigenvalue weighted by atomic mass is 35.5. The fourth-order valence-corrected chi connectivity index (χ4v) is 1.23. The lowest BCUT2D eigenvalue weighted by Gasteiger charge is -2.09. The molecule has 1 rings (SSSR count). The van der Waals surface area contributed by atoms with Gasteiger partial charge >= 0.3 is 0 Å². The molecule has 0 radical (unpaired) electrons. The minimum Gasteiger partial charge on any atom is -0.327 e. The van der Waals surface area contributed by atoms with Crippen molar-refractivity contribution in [3.63, 3.8) is 0 Å². The number of anilines is 1. The van der Waals surface area contributed by atoms with Gasteiger partial charge in [-0.15, -0.1) is 0 Å². The lowest BCUT2D eigenvalue weighted by molar-refractivity contribution is -0.116. The molecule has 0 fully saturated rings. The zero-order valence-electron chi connectivity index (χ0n) is 8.53. The van der Waals surface area contributed by atoms with Gasteiger partial charge in [0.2, 0.25) is 5.91 Å². The zero-order valence-corrected chi connectivity index (χ0v) is 9.29. The molecule has 1 aromatic heterocycles.